The summed E-state index contributed by atoms with van der Waals surface area (Å²) in [5, 5.41) is 5.91. The van der Waals surface area contributed by atoms with E-state index in [1.54, 1.807) is 23.8 Å². The summed E-state index contributed by atoms with van der Waals surface area (Å²) in [6.07, 6.45) is 3.41. The first-order chi connectivity index (χ1) is 13.5. The van der Waals surface area contributed by atoms with Crippen molar-refractivity contribution >= 4 is 34.8 Å². The van der Waals surface area contributed by atoms with Gasteiger partial charge in [0, 0.05) is 28.4 Å². The number of hydrogen-bond donors (Lipinski definition) is 1. The van der Waals surface area contributed by atoms with Gasteiger partial charge in [-0.2, -0.15) is 0 Å². The molecule has 1 amide bonds. The molecule has 0 spiro atoms. The summed E-state index contributed by atoms with van der Waals surface area (Å²) in [5.41, 5.74) is 2.29. The zero-order valence-electron chi connectivity index (χ0n) is 15.1. The first kappa shape index (κ1) is 20.0. The van der Waals surface area contributed by atoms with Crippen molar-refractivity contribution in [2.75, 3.05) is 6.61 Å². The van der Waals surface area contributed by atoms with Crippen molar-refractivity contribution in [2.45, 2.75) is 19.4 Å². The van der Waals surface area contributed by atoms with Crippen LogP contribution in [0.5, 0.6) is 0 Å². The van der Waals surface area contributed by atoms with Crippen molar-refractivity contribution in [3.8, 4) is 10.6 Å². The number of benzene rings is 1. The van der Waals surface area contributed by atoms with E-state index >= 15 is 0 Å². The molecule has 8 heteroatoms. The fourth-order valence-corrected chi connectivity index (χ4v) is 3.65. The molecule has 3 aromatic rings. The second kappa shape index (κ2) is 9.43. The Balaban J connectivity index is 1.47. The molecule has 0 aliphatic heterocycles. The number of halogens is 1. The normalized spacial score (nSPS) is 11.6. The number of pyridine rings is 1. The van der Waals surface area contributed by atoms with E-state index in [2.05, 4.69) is 15.3 Å². The van der Waals surface area contributed by atoms with Gasteiger partial charge < -0.3 is 10.1 Å². The number of amides is 1. The first-order valence-corrected chi connectivity index (χ1v) is 9.83. The van der Waals surface area contributed by atoms with Crippen LogP contribution in [0.4, 0.5) is 0 Å². The lowest BCUT2D eigenvalue weighted by atomic mass is 10.1. The molecule has 1 atom stereocenters. The predicted octanol–water partition coefficient (Wildman–Crippen LogP) is 3.82. The predicted molar refractivity (Wildman–Crippen MR) is 108 cm³/mol. The van der Waals surface area contributed by atoms with Gasteiger partial charge in [-0.15, -0.1) is 11.3 Å². The highest BCUT2D eigenvalue weighted by molar-refractivity contribution is 7.13. The van der Waals surface area contributed by atoms with E-state index in [9.17, 15) is 9.59 Å². The largest absolute Gasteiger partial charge is 0.455 e. The van der Waals surface area contributed by atoms with Crippen molar-refractivity contribution in [2.24, 2.45) is 0 Å². The van der Waals surface area contributed by atoms with Crippen LogP contribution in [0, 0.1) is 0 Å². The highest BCUT2D eigenvalue weighted by atomic mass is 35.5. The minimum absolute atomic E-state index is 0.00408. The van der Waals surface area contributed by atoms with Gasteiger partial charge in [-0.25, -0.2) is 4.98 Å². The van der Waals surface area contributed by atoms with Gasteiger partial charge in [-0.1, -0.05) is 29.8 Å². The van der Waals surface area contributed by atoms with Gasteiger partial charge >= 0.3 is 5.97 Å². The van der Waals surface area contributed by atoms with Gasteiger partial charge in [0.15, 0.2) is 6.61 Å². The monoisotopic (exact) mass is 415 g/mol. The minimum atomic E-state index is -0.511. The van der Waals surface area contributed by atoms with Crippen LogP contribution in [-0.4, -0.2) is 28.5 Å². The van der Waals surface area contributed by atoms with Crippen LogP contribution in [0.25, 0.3) is 10.6 Å². The molecule has 0 fully saturated rings. The molecule has 6 nitrogen and oxygen atoms in total. The lowest BCUT2D eigenvalue weighted by Gasteiger charge is -2.15. The Kier molecular flexibility index (Phi) is 6.73. The van der Waals surface area contributed by atoms with Crippen LogP contribution in [0.15, 0.2) is 54.2 Å². The topological polar surface area (TPSA) is 81.2 Å². The molecule has 144 valence electrons. The Labute approximate surface area is 171 Å². The molecule has 0 aliphatic carbocycles. The third kappa shape index (κ3) is 5.37. The summed E-state index contributed by atoms with van der Waals surface area (Å²) in [6.45, 7) is 1.46. The number of carbonyl (C=O) groups is 2. The summed E-state index contributed by atoms with van der Waals surface area (Å²) in [6, 6.07) is 10.7. The summed E-state index contributed by atoms with van der Waals surface area (Å²) in [4.78, 5) is 32.5. The lowest BCUT2D eigenvalue weighted by Crippen LogP contribution is -2.31. The Morgan fingerprint density at radius 3 is 2.82 bits per heavy atom. The number of nitrogens with zero attached hydrogens (tertiary/aromatic N) is 2. The van der Waals surface area contributed by atoms with E-state index in [0.717, 1.165) is 16.1 Å². The third-order valence-electron chi connectivity index (χ3n) is 3.90. The van der Waals surface area contributed by atoms with E-state index in [1.807, 2.05) is 37.3 Å². The highest BCUT2D eigenvalue weighted by Crippen LogP contribution is 2.23. The molecule has 0 aliphatic rings. The molecule has 3 rings (SSSR count). The van der Waals surface area contributed by atoms with Gasteiger partial charge in [0.05, 0.1) is 18.2 Å². The molecule has 1 N–H and O–H groups in total. The van der Waals surface area contributed by atoms with Crippen molar-refractivity contribution in [3.05, 3.63) is 70.5 Å². The number of rotatable bonds is 7. The van der Waals surface area contributed by atoms with Gasteiger partial charge in [0.1, 0.15) is 5.01 Å². The highest BCUT2D eigenvalue weighted by Gasteiger charge is 2.15. The molecule has 2 aromatic heterocycles. The summed E-state index contributed by atoms with van der Waals surface area (Å²) in [7, 11) is 0. The number of thiazole rings is 1. The number of ether oxygens (including phenoxy) is 1. The lowest BCUT2D eigenvalue weighted by molar-refractivity contribution is -0.148. The number of esters is 1. The Morgan fingerprint density at radius 2 is 2.07 bits per heavy atom. The van der Waals surface area contributed by atoms with Crippen LogP contribution in [0.1, 0.15) is 24.2 Å². The smallest absolute Gasteiger partial charge is 0.312 e. The van der Waals surface area contributed by atoms with Crippen LogP contribution < -0.4 is 5.32 Å². The van der Waals surface area contributed by atoms with Crippen LogP contribution in [-0.2, 0) is 20.7 Å². The summed E-state index contributed by atoms with van der Waals surface area (Å²) < 4.78 is 5.06. The Hall–Kier alpha value is -2.77. The fourth-order valence-electron chi connectivity index (χ4n) is 2.54. The summed E-state index contributed by atoms with van der Waals surface area (Å²) in [5.74, 6) is -0.904. The maximum atomic E-state index is 12.0. The van der Waals surface area contributed by atoms with Crippen molar-refractivity contribution in [3.63, 3.8) is 0 Å². The van der Waals surface area contributed by atoms with Gasteiger partial charge in [0.2, 0.25) is 0 Å². The standard InChI is InChI=1S/C20H18ClN3O3S/c1-13(16-6-2-3-7-17(16)21)23-18(25)11-27-19(26)9-15-12-28-20(24-15)14-5-4-8-22-10-14/h2-8,10,12-13H,9,11H2,1H3,(H,23,25)/t13-/m1/s1. The van der Waals surface area contributed by atoms with E-state index in [0.29, 0.717) is 10.7 Å². The van der Waals surface area contributed by atoms with Crippen molar-refractivity contribution in [1.29, 1.82) is 0 Å². The molecule has 2 heterocycles. The zero-order valence-corrected chi connectivity index (χ0v) is 16.7. The molecule has 28 heavy (non-hydrogen) atoms. The average Bonchev–Trinajstić information content (AvgIpc) is 3.16. The maximum absolute atomic E-state index is 12.0. The first-order valence-electron chi connectivity index (χ1n) is 8.57. The SMILES string of the molecule is C[C@@H](NC(=O)COC(=O)Cc1csc(-c2cccnc2)n1)c1ccccc1Cl. The second-order valence-electron chi connectivity index (χ2n) is 6.03. The van der Waals surface area contributed by atoms with Gasteiger partial charge in [-0.05, 0) is 30.7 Å². The minimum Gasteiger partial charge on any atom is -0.455 e. The molecule has 0 radical (unpaired) electrons. The van der Waals surface area contributed by atoms with E-state index in [1.165, 1.54) is 11.3 Å². The molecular formula is C20H18ClN3O3S. The average molecular weight is 416 g/mol. The van der Waals surface area contributed by atoms with Crippen molar-refractivity contribution < 1.29 is 14.3 Å². The number of hydrogen-bond acceptors (Lipinski definition) is 6. The zero-order chi connectivity index (χ0) is 19.9. The quantitative estimate of drug-likeness (QED) is 0.593. The maximum Gasteiger partial charge on any atom is 0.312 e. The van der Waals surface area contributed by atoms with Crippen LogP contribution in [0.3, 0.4) is 0 Å². The molecule has 0 saturated heterocycles. The number of nitrogens with one attached hydrogen (secondary N) is 1. The summed E-state index contributed by atoms with van der Waals surface area (Å²) >= 11 is 7.55. The van der Waals surface area contributed by atoms with E-state index in [-0.39, 0.29) is 19.1 Å². The van der Waals surface area contributed by atoms with Gasteiger partial charge in [0.25, 0.3) is 5.91 Å². The number of aromatic nitrogens is 2. The molecule has 0 saturated carbocycles. The van der Waals surface area contributed by atoms with Crippen molar-refractivity contribution in [1.82, 2.24) is 15.3 Å². The third-order valence-corrected chi connectivity index (χ3v) is 5.18. The van der Waals surface area contributed by atoms with Gasteiger partial charge in [-0.3, -0.25) is 14.6 Å². The van der Waals surface area contributed by atoms with Crippen LogP contribution in [0.2, 0.25) is 5.02 Å². The molecular weight excluding hydrogens is 398 g/mol. The number of carbonyl (C=O) groups excluding carboxylic acids is 2. The Morgan fingerprint density at radius 1 is 1.25 bits per heavy atom. The molecule has 0 bridgehead atoms. The van der Waals surface area contributed by atoms with E-state index in [4.69, 9.17) is 16.3 Å². The second-order valence-corrected chi connectivity index (χ2v) is 7.30. The fraction of sp³-hybridized carbons (Fsp3) is 0.200. The molecule has 0 unspecified atom stereocenters. The Bertz CT molecular complexity index is 962. The van der Waals surface area contributed by atoms with Crippen LogP contribution >= 0.6 is 22.9 Å². The molecule has 1 aromatic carbocycles. The van der Waals surface area contributed by atoms with E-state index < -0.39 is 11.9 Å².